The van der Waals surface area contributed by atoms with Crippen LogP contribution >= 0.6 is 0 Å². The van der Waals surface area contributed by atoms with E-state index >= 15 is 0 Å². The molecule has 0 unspecified atom stereocenters. The Labute approximate surface area is 116 Å². The highest BCUT2D eigenvalue weighted by molar-refractivity contribution is 5.78. The summed E-state index contributed by atoms with van der Waals surface area (Å²) >= 11 is 0. The van der Waals surface area contributed by atoms with E-state index in [-0.39, 0.29) is 18.1 Å². The Morgan fingerprint density at radius 1 is 1.50 bits per heavy atom. The van der Waals surface area contributed by atoms with E-state index in [1.807, 2.05) is 0 Å². The molecule has 0 bridgehead atoms. The van der Waals surface area contributed by atoms with Crippen molar-refractivity contribution in [2.45, 2.75) is 13.0 Å². The number of benzene rings is 1. The third-order valence-electron chi connectivity index (χ3n) is 2.94. The molecule has 1 heterocycles. The second kappa shape index (κ2) is 6.18. The van der Waals surface area contributed by atoms with Crippen molar-refractivity contribution in [2.75, 3.05) is 14.2 Å². The number of nitrogens with one attached hydrogen (secondary N) is 1. The average Bonchev–Trinajstić information content (AvgIpc) is 2.91. The molecule has 2 rings (SSSR count). The molecule has 0 atom stereocenters. The molecule has 0 saturated heterocycles. The van der Waals surface area contributed by atoms with E-state index in [2.05, 4.69) is 9.97 Å². The van der Waals surface area contributed by atoms with Crippen molar-refractivity contribution in [1.29, 1.82) is 0 Å². The standard InChI is InChI=1S/C14H16FN3O2/c1-18(9-13-16-5-6-17-13)14(19)8-10-3-4-12(20-2)11(15)7-10/h3-7H,8-9H2,1-2H3,(H,16,17). The number of methoxy groups -OCH3 is 1. The summed E-state index contributed by atoms with van der Waals surface area (Å²) < 4.78 is 18.4. The topological polar surface area (TPSA) is 58.2 Å². The number of amides is 1. The zero-order valence-electron chi connectivity index (χ0n) is 11.4. The lowest BCUT2D eigenvalue weighted by Gasteiger charge is -2.16. The number of hydrogen-bond acceptors (Lipinski definition) is 3. The van der Waals surface area contributed by atoms with Crippen molar-refractivity contribution in [3.8, 4) is 5.75 Å². The third kappa shape index (κ3) is 3.34. The number of imidazole rings is 1. The Kier molecular flexibility index (Phi) is 4.34. The van der Waals surface area contributed by atoms with Crippen LogP contribution in [0.1, 0.15) is 11.4 Å². The van der Waals surface area contributed by atoms with Gasteiger partial charge in [-0.15, -0.1) is 0 Å². The molecular formula is C14H16FN3O2. The predicted molar refractivity (Wildman–Crippen MR) is 71.7 cm³/mol. The molecule has 1 aromatic heterocycles. The first-order chi connectivity index (χ1) is 9.60. The Hall–Kier alpha value is -2.37. The number of aromatic nitrogens is 2. The van der Waals surface area contributed by atoms with Crippen LogP contribution in [-0.4, -0.2) is 34.9 Å². The minimum atomic E-state index is -0.466. The first kappa shape index (κ1) is 14.0. The molecule has 1 N–H and O–H groups in total. The van der Waals surface area contributed by atoms with Crippen molar-refractivity contribution < 1.29 is 13.9 Å². The number of halogens is 1. The van der Waals surface area contributed by atoms with Gasteiger partial charge in [-0.2, -0.15) is 0 Å². The van der Waals surface area contributed by atoms with Gasteiger partial charge >= 0.3 is 0 Å². The van der Waals surface area contributed by atoms with E-state index in [0.29, 0.717) is 17.9 Å². The number of rotatable bonds is 5. The maximum absolute atomic E-state index is 13.5. The van der Waals surface area contributed by atoms with Gasteiger partial charge in [-0.1, -0.05) is 6.07 Å². The highest BCUT2D eigenvalue weighted by Crippen LogP contribution is 2.18. The summed E-state index contributed by atoms with van der Waals surface area (Å²) in [6.45, 7) is 0.393. The highest BCUT2D eigenvalue weighted by atomic mass is 19.1. The zero-order valence-corrected chi connectivity index (χ0v) is 11.4. The normalized spacial score (nSPS) is 10.3. The summed E-state index contributed by atoms with van der Waals surface area (Å²) in [5, 5.41) is 0. The molecule has 0 aliphatic rings. The Morgan fingerprint density at radius 3 is 2.90 bits per heavy atom. The minimum Gasteiger partial charge on any atom is -0.494 e. The van der Waals surface area contributed by atoms with Crippen molar-refractivity contribution in [1.82, 2.24) is 14.9 Å². The molecule has 0 fully saturated rings. The number of hydrogen-bond donors (Lipinski definition) is 1. The maximum atomic E-state index is 13.5. The number of carbonyl (C=O) groups is 1. The van der Waals surface area contributed by atoms with Crippen molar-refractivity contribution in [3.63, 3.8) is 0 Å². The fraction of sp³-hybridized carbons (Fsp3) is 0.286. The lowest BCUT2D eigenvalue weighted by Crippen LogP contribution is -2.28. The Morgan fingerprint density at radius 2 is 2.30 bits per heavy atom. The molecule has 1 aromatic carbocycles. The van der Waals surface area contributed by atoms with Crippen molar-refractivity contribution in [2.24, 2.45) is 0 Å². The summed E-state index contributed by atoms with van der Waals surface area (Å²) in [5.74, 6) is 0.310. The maximum Gasteiger partial charge on any atom is 0.227 e. The molecule has 6 heteroatoms. The molecule has 20 heavy (non-hydrogen) atoms. The number of ether oxygens (including phenoxy) is 1. The van der Waals surface area contributed by atoms with E-state index in [0.717, 1.165) is 0 Å². The lowest BCUT2D eigenvalue weighted by atomic mass is 10.1. The van der Waals surface area contributed by atoms with Crippen LogP contribution in [0.4, 0.5) is 4.39 Å². The van der Waals surface area contributed by atoms with Gasteiger partial charge in [0.25, 0.3) is 0 Å². The predicted octanol–water partition coefficient (Wildman–Crippen LogP) is 1.76. The van der Waals surface area contributed by atoms with Gasteiger partial charge < -0.3 is 14.6 Å². The van der Waals surface area contributed by atoms with Crippen molar-refractivity contribution >= 4 is 5.91 Å². The van der Waals surface area contributed by atoms with Crippen LogP contribution in [0.3, 0.4) is 0 Å². The van der Waals surface area contributed by atoms with Crippen LogP contribution in [0.2, 0.25) is 0 Å². The third-order valence-corrected chi connectivity index (χ3v) is 2.94. The van der Waals surface area contributed by atoms with E-state index in [1.54, 1.807) is 30.4 Å². The van der Waals surface area contributed by atoms with E-state index < -0.39 is 5.82 Å². The SMILES string of the molecule is COc1ccc(CC(=O)N(C)Cc2ncc[nH]2)cc1F. The monoisotopic (exact) mass is 277 g/mol. The fourth-order valence-electron chi connectivity index (χ4n) is 1.83. The molecule has 1 amide bonds. The van der Waals surface area contributed by atoms with Gasteiger partial charge in [0, 0.05) is 19.4 Å². The number of carbonyl (C=O) groups excluding carboxylic acids is 1. The highest BCUT2D eigenvalue weighted by Gasteiger charge is 2.12. The lowest BCUT2D eigenvalue weighted by molar-refractivity contribution is -0.129. The van der Waals surface area contributed by atoms with Crippen LogP contribution < -0.4 is 4.74 Å². The van der Waals surface area contributed by atoms with Gasteiger partial charge in [0.1, 0.15) is 5.82 Å². The molecular weight excluding hydrogens is 261 g/mol. The Bertz CT molecular complexity index is 584. The molecule has 5 nitrogen and oxygen atoms in total. The van der Waals surface area contributed by atoms with Gasteiger partial charge in [0.2, 0.25) is 5.91 Å². The quantitative estimate of drug-likeness (QED) is 0.906. The summed E-state index contributed by atoms with van der Waals surface area (Å²) in [7, 11) is 3.09. The van der Waals surface area contributed by atoms with Crippen LogP contribution in [0.25, 0.3) is 0 Å². The molecule has 0 aliphatic carbocycles. The summed E-state index contributed by atoms with van der Waals surface area (Å²) in [5.41, 5.74) is 0.611. The first-order valence-corrected chi connectivity index (χ1v) is 6.15. The second-order valence-electron chi connectivity index (χ2n) is 4.43. The van der Waals surface area contributed by atoms with E-state index in [4.69, 9.17) is 4.74 Å². The number of nitrogens with zero attached hydrogens (tertiary/aromatic N) is 2. The van der Waals surface area contributed by atoms with Crippen LogP contribution in [0.5, 0.6) is 5.75 Å². The molecule has 0 radical (unpaired) electrons. The van der Waals surface area contributed by atoms with Gasteiger partial charge in [-0.25, -0.2) is 9.37 Å². The van der Waals surface area contributed by atoms with Gasteiger partial charge in [-0.05, 0) is 17.7 Å². The van der Waals surface area contributed by atoms with E-state index in [9.17, 15) is 9.18 Å². The second-order valence-corrected chi connectivity index (χ2v) is 4.43. The molecule has 0 saturated carbocycles. The fourth-order valence-corrected chi connectivity index (χ4v) is 1.83. The van der Waals surface area contributed by atoms with Crippen LogP contribution in [0.15, 0.2) is 30.6 Å². The van der Waals surface area contributed by atoms with Crippen LogP contribution in [0, 0.1) is 5.82 Å². The Balaban J connectivity index is 1.98. The van der Waals surface area contributed by atoms with E-state index in [1.165, 1.54) is 19.2 Å². The number of H-pyrrole nitrogens is 1. The zero-order chi connectivity index (χ0) is 14.5. The van der Waals surface area contributed by atoms with Crippen LogP contribution in [-0.2, 0) is 17.8 Å². The smallest absolute Gasteiger partial charge is 0.227 e. The average molecular weight is 277 g/mol. The summed E-state index contributed by atoms with van der Waals surface area (Å²) in [6, 6.07) is 4.52. The summed E-state index contributed by atoms with van der Waals surface area (Å²) in [6.07, 6.45) is 3.47. The largest absolute Gasteiger partial charge is 0.494 e. The van der Waals surface area contributed by atoms with Gasteiger partial charge in [0.15, 0.2) is 11.6 Å². The molecule has 0 aliphatic heterocycles. The molecule has 2 aromatic rings. The first-order valence-electron chi connectivity index (χ1n) is 6.15. The minimum absolute atomic E-state index is 0.106. The molecule has 0 spiro atoms. The van der Waals surface area contributed by atoms with Gasteiger partial charge in [-0.3, -0.25) is 4.79 Å². The summed E-state index contributed by atoms with van der Waals surface area (Å²) in [4.78, 5) is 20.6. The number of likely N-dealkylation sites (N-methyl/N-ethyl adjacent to an activating group) is 1. The number of aromatic amines is 1. The van der Waals surface area contributed by atoms with Crippen molar-refractivity contribution in [3.05, 3.63) is 47.8 Å². The van der Waals surface area contributed by atoms with Gasteiger partial charge in [0.05, 0.1) is 20.1 Å². The molecule has 106 valence electrons.